The largest absolute Gasteiger partial charge is 0.326 e. The van der Waals surface area contributed by atoms with Crippen LogP contribution < -0.4 is 10.2 Å². The zero-order chi connectivity index (χ0) is 21.9. The van der Waals surface area contributed by atoms with E-state index in [9.17, 15) is 9.59 Å². The Kier molecular flexibility index (Phi) is 5.42. The van der Waals surface area contributed by atoms with Gasteiger partial charge in [0.2, 0.25) is 5.91 Å². The zero-order valence-electron chi connectivity index (χ0n) is 17.8. The zero-order valence-corrected chi connectivity index (χ0v) is 17.8. The smallest absolute Gasteiger partial charge is 0.258 e. The van der Waals surface area contributed by atoms with Gasteiger partial charge in [0.15, 0.2) is 0 Å². The molecule has 32 heavy (non-hydrogen) atoms. The monoisotopic (exact) mass is 420 g/mol. The first kappa shape index (κ1) is 20.0. The van der Waals surface area contributed by atoms with E-state index < -0.39 is 0 Å². The van der Waals surface area contributed by atoms with Crippen molar-refractivity contribution in [1.82, 2.24) is 0 Å². The minimum atomic E-state index is -0.0469. The molecule has 0 spiro atoms. The van der Waals surface area contributed by atoms with Gasteiger partial charge in [0.05, 0.1) is 6.42 Å². The minimum absolute atomic E-state index is 0.0132. The van der Waals surface area contributed by atoms with Crippen molar-refractivity contribution in [1.29, 1.82) is 0 Å². The molecule has 0 aromatic heterocycles. The number of nitrogens with one attached hydrogen (secondary N) is 1. The maximum absolute atomic E-state index is 13.0. The SMILES string of the molecule is O=C(Cc1cccc2ccccc12)Nc1ccc2c(c1)CCCN2C(=O)c1ccccc1. The van der Waals surface area contributed by atoms with Crippen LogP contribution in [-0.4, -0.2) is 18.4 Å². The molecule has 4 aromatic rings. The Morgan fingerprint density at radius 2 is 1.62 bits per heavy atom. The number of carbonyl (C=O) groups is 2. The molecule has 0 atom stereocenters. The van der Waals surface area contributed by atoms with Gasteiger partial charge < -0.3 is 10.2 Å². The lowest BCUT2D eigenvalue weighted by atomic mass is 9.99. The average Bonchev–Trinajstić information content (AvgIpc) is 2.84. The van der Waals surface area contributed by atoms with Crippen LogP contribution in [0.1, 0.15) is 27.9 Å². The van der Waals surface area contributed by atoms with Crippen LogP contribution in [0.3, 0.4) is 0 Å². The van der Waals surface area contributed by atoms with Gasteiger partial charge in [0.1, 0.15) is 0 Å². The van der Waals surface area contributed by atoms with Crippen molar-refractivity contribution in [3.63, 3.8) is 0 Å². The summed E-state index contributed by atoms with van der Waals surface area (Å²) in [6.07, 6.45) is 2.11. The molecule has 5 rings (SSSR count). The second-order valence-electron chi connectivity index (χ2n) is 8.13. The van der Waals surface area contributed by atoms with Crippen molar-refractivity contribution in [3.05, 3.63) is 108 Å². The van der Waals surface area contributed by atoms with E-state index in [0.29, 0.717) is 18.5 Å². The molecule has 0 saturated heterocycles. The van der Waals surface area contributed by atoms with Crippen LogP contribution in [0.5, 0.6) is 0 Å². The highest BCUT2D eigenvalue weighted by atomic mass is 16.2. The Bertz CT molecular complexity index is 1290. The first-order chi connectivity index (χ1) is 15.7. The number of carbonyl (C=O) groups excluding carboxylic acids is 2. The normalized spacial score (nSPS) is 12.9. The summed E-state index contributed by atoms with van der Waals surface area (Å²) in [7, 11) is 0. The molecule has 0 fully saturated rings. The molecule has 1 N–H and O–H groups in total. The molecule has 4 nitrogen and oxygen atoms in total. The van der Waals surface area contributed by atoms with Crippen LogP contribution in [-0.2, 0) is 17.6 Å². The fourth-order valence-corrected chi connectivity index (χ4v) is 4.45. The molecule has 0 saturated carbocycles. The number of amides is 2. The highest BCUT2D eigenvalue weighted by Gasteiger charge is 2.24. The van der Waals surface area contributed by atoms with E-state index in [1.54, 1.807) is 0 Å². The van der Waals surface area contributed by atoms with Crippen molar-refractivity contribution in [3.8, 4) is 0 Å². The van der Waals surface area contributed by atoms with Gasteiger partial charge in [-0.3, -0.25) is 9.59 Å². The van der Waals surface area contributed by atoms with Gasteiger partial charge in [-0.25, -0.2) is 0 Å². The molecule has 4 aromatic carbocycles. The molecule has 1 heterocycles. The summed E-state index contributed by atoms with van der Waals surface area (Å²) >= 11 is 0. The van der Waals surface area contributed by atoms with Crippen LogP contribution in [0.15, 0.2) is 91.0 Å². The predicted molar refractivity (Wildman–Crippen MR) is 129 cm³/mol. The standard InChI is InChI=1S/C28H24N2O2/c31-27(19-22-12-6-11-20-8-4-5-14-25(20)22)29-24-15-16-26-23(18-24)13-7-17-30(26)28(32)21-9-2-1-3-10-21/h1-6,8-12,14-16,18H,7,13,17,19H2,(H,29,31). The van der Waals surface area contributed by atoms with Crippen LogP contribution in [0, 0.1) is 0 Å². The third-order valence-corrected chi connectivity index (χ3v) is 5.98. The average molecular weight is 421 g/mol. The third kappa shape index (κ3) is 4.00. The van der Waals surface area contributed by atoms with Gasteiger partial charge in [-0.15, -0.1) is 0 Å². The molecular formula is C28H24N2O2. The van der Waals surface area contributed by atoms with E-state index in [-0.39, 0.29) is 11.8 Å². The molecule has 4 heteroatoms. The lowest BCUT2D eigenvalue weighted by Crippen LogP contribution is -2.35. The number of hydrogen-bond acceptors (Lipinski definition) is 2. The van der Waals surface area contributed by atoms with E-state index in [0.717, 1.165) is 46.1 Å². The van der Waals surface area contributed by atoms with Gasteiger partial charge >= 0.3 is 0 Å². The van der Waals surface area contributed by atoms with E-state index in [4.69, 9.17) is 0 Å². The number of benzene rings is 4. The third-order valence-electron chi connectivity index (χ3n) is 5.98. The molecule has 0 unspecified atom stereocenters. The topological polar surface area (TPSA) is 49.4 Å². The molecule has 158 valence electrons. The highest BCUT2D eigenvalue weighted by Crippen LogP contribution is 2.31. The molecule has 0 radical (unpaired) electrons. The second kappa shape index (κ2) is 8.67. The van der Waals surface area contributed by atoms with Crippen molar-refractivity contribution in [2.45, 2.75) is 19.3 Å². The van der Waals surface area contributed by atoms with Crippen LogP contribution in [0.2, 0.25) is 0 Å². The van der Waals surface area contributed by atoms with Crippen LogP contribution in [0.25, 0.3) is 10.8 Å². The van der Waals surface area contributed by atoms with Gasteiger partial charge in [-0.05, 0) is 65.1 Å². The summed E-state index contributed by atoms with van der Waals surface area (Å²) in [5.74, 6) is -0.0337. The summed E-state index contributed by atoms with van der Waals surface area (Å²) in [4.78, 5) is 27.6. The fourth-order valence-electron chi connectivity index (χ4n) is 4.45. The summed E-state index contributed by atoms with van der Waals surface area (Å²) < 4.78 is 0. The second-order valence-corrected chi connectivity index (χ2v) is 8.13. The van der Waals surface area contributed by atoms with Crippen molar-refractivity contribution >= 4 is 34.0 Å². The number of hydrogen-bond donors (Lipinski definition) is 1. The van der Waals surface area contributed by atoms with Gasteiger partial charge in [0.25, 0.3) is 5.91 Å². The van der Waals surface area contributed by atoms with E-state index in [1.165, 1.54) is 0 Å². The maximum Gasteiger partial charge on any atom is 0.258 e. The number of aryl methyl sites for hydroxylation is 1. The van der Waals surface area contributed by atoms with E-state index >= 15 is 0 Å². The molecule has 0 bridgehead atoms. The Balaban J connectivity index is 1.34. The van der Waals surface area contributed by atoms with E-state index in [2.05, 4.69) is 23.5 Å². The van der Waals surface area contributed by atoms with Crippen LogP contribution >= 0.6 is 0 Å². The summed E-state index contributed by atoms with van der Waals surface area (Å²) in [6.45, 7) is 0.702. The first-order valence-corrected chi connectivity index (χ1v) is 11.0. The lowest BCUT2D eigenvalue weighted by Gasteiger charge is -2.30. The maximum atomic E-state index is 13.0. The quantitative estimate of drug-likeness (QED) is 0.466. The van der Waals surface area contributed by atoms with Gasteiger partial charge in [-0.2, -0.15) is 0 Å². The minimum Gasteiger partial charge on any atom is -0.326 e. The summed E-state index contributed by atoms with van der Waals surface area (Å²) in [5.41, 5.74) is 4.48. The molecule has 1 aliphatic rings. The molecular weight excluding hydrogens is 396 g/mol. The predicted octanol–water partition coefficient (Wildman–Crippen LogP) is 5.61. The van der Waals surface area contributed by atoms with Gasteiger partial charge in [0, 0.05) is 23.5 Å². The Labute approximate surface area is 187 Å². The number of fused-ring (bicyclic) bond motifs is 2. The molecule has 2 amide bonds. The Hall–Kier alpha value is -3.92. The number of rotatable bonds is 4. The fraction of sp³-hybridized carbons (Fsp3) is 0.143. The Morgan fingerprint density at radius 1 is 0.844 bits per heavy atom. The molecule has 0 aliphatic carbocycles. The van der Waals surface area contributed by atoms with Crippen molar-refractivity contribution in [2.75, 3.05) is 16.8 Å². The highest BCUT2D eigenvalue weighted by molar-refractivity contribution is 6.07. The number of anilines is 2. The van der Waals surface area contributed by atoms with Gasteiger partial charge in [-0.1, -0.05) is 60.7 Å². The summed E-state index contributed by atoms with van der Waals surface area (Å²) in [5, 5.41) is 5.28. The summed E-state index contributed by atoms with van der Waals surface area (Å²) in [6, 6.07) is 29.4. The lowest BCUT2D eigenvalue weighted by molar-refractivity contribution is -0.115. The molecule has 1 aliphatic heterocycles. The van der Waals surface area contributed by atoms with Crippen molar-refractivity contribution in [2.24, 2.45) is 0 Å². The van der Waals surface area contributed by atoms with Crippen molar-refractivity contribution < 1.29 is 9.59 Å². The first-order valence-electron chi connectivity index (χ1n) is 11.0. The Morgan fingerprint density at radius 3 is 2.50 bits per heavy atom. The number of nitrogens with zero attached hydrogens (tertiary/aromatic N) is 1. The van der Waals surface area contributed by atoms with Crippen LogP contribution in [0.4, 0.5) is 11.4 Å². The van der Waals surface area contributed by atoms with E-state index in [1.807, 2.05) is 77.7 Å².